The molecule has 0 aromatic heterocycles. The summed E-state index contributed by atoms with van der Waals surface area (Å²) in [6, 6.07) is 5.18. The van der Waals surface area contributed by atoms with E-state index in [4.69, 9.17) is 0 Å². The fourth-order valence-electron chi connectivity index (χ4n) is 1.48. The first-order chi connectivity index (χ1) is 7.56. The molecule has 16 heavy (non-hydrogen) atoms. The molecule has 0 saturated heterocycles. The van der Waals surface area contributed by atoms with E-state index in [-0.39, 0.29) is 10.6 Å². The number of hydrogen-bond acceptors (Lipinski definition) is 3. The van der Waals surface area contributed by atoms with Crippen LogP contribution in [0.3, 0.4) is 0 Å². The van der Waals surface area contributed by atoms with Crippen molar-refractivity contribution in [3.05, 3.63) is 45.6 Å². The quantitative estimate of drug-likeness (QED) is 0.579. The van der Waals surface area contributed by atoms with Crippen LogP contribution in [0.25, 0.3) is 6.08 Å². The lowest BCUT2D eigenvalue weighted by Gasteiger charge is -2.07. The summed E-state index contributed by atoms with van der Waals surface area (Å²) in [5, 5.41) is 10.9. The molecule has 1 rings (SSSR count). The number of rotatable bonds is 4. The molecule has 4 nitrogen and oxygen atoms in total. The topological polar surface area (TPSA) is 46.4 Å². The molecule has 0 bridgehead atoms. The van der Waals surface area contributed by atoms with Crippen LogP contribution in [0.5, 0.6) is 0 Å². The van der Waals surface area contributed by atoms with Crippen molar-refractivity contribution in [1.29, 1.82) is 0 Å². The van der Waals surface area contributed by atoms with Gasteiger partial charge in [-0.3, -0.25) is 10.1 Å². The van der Waals surface area contributed by atoms with Crippen LogP contribution in [0.2, 0.25) is 0 Å². The summed E-state index contributed by atoms with van der Waals surface area (Å²) in [7, 11) is 3.77. The number of aryl methyl sites for hydroxylation is 1. The van der Waals surface area contributed by atoms with Crippen LogP contribution in [-0.2, 0) is 6.42 Å². The van der Waals surface area contributed by atoms with Crippen LogP contribution < -0.4 is 0 Å². The van der Waals surface area contributed by atoms with Crippen molar-refractivity contribution in [2.45, 2.75) is 13.3 Å². The van der Waals surface area contributed by atoms with Gasteiger partial charge in [0.05, 0.1) is 10.5 Å². The zero-order valence-corrected chi connectivity index (χ0v) is 9.80. The Bertz CT molecular complexity index is 411. The number of nitro benzene ring substituents is 1. The van der Waals surface area contributed by atoms with Gasteiger partial charge in [-0.1, -0.05) is 19.1 Å². The van der Waals surface area contributed by atoms with Gasteiger partial charge in [-0.2, -0.15) is 0 Å². The van der Waals surface area contributed by atoms with Gasteiger partial charge >= 0.3 is 0 Å². The lowest BCUT2D eigenvalue weighted by atomic mass is 10.0. The number of benzene rings is 1. The molecule has 0 saturated carbocycles. The smallest absolute Gasteiger partial charge is 0.276 e. The highest BCUT2D eigenvalue weighted by Crippen LogP contribution is 2.24. The molecule has 4 heteroatoms. The highest BCUT2D eigenvalue weighted by molar-refractivity contribution is 5.64. The maximum absolute atomic E-state index is 10.9. The minimum Gasteiger partial charge on any atom is -0.383 e. The van der Waals surface area contributed by atoms with Crippen LogP contribution in [0.15, 0.2) is 24.4 Å². The third-order valence-electron chi connectivity index (χ3n) is 2.29. The van der Waals surface area contributed by atoms with Crippen molar-refractivity contribution in [3.8, 4) is 0 Å². The Morgan fingerprint density at radius 1 is 1.44 bits per heavy atom. The van der Waals surface area contributed by atoms with E-state index < -0.39 is 0 Å². The van der Waals surface area contributed by atoms with Crippen LogP contribution in [0.4, 0.5) is 5.69 Å². The van der Waals surface area contributed by atoms with E-state index in [0.717, 1.165) is 12.0 Å². The molecule has 0 aliphatic carbocycles. The molecule has 1 aromatic carbocycles. The molecule has 0 aliphatic heterocycles. The van der Waals surface area contributed by atoms with E-state index in [9.17, 15) is 10.1 Å². The summed E-state index contributed by atoms with van der Waals surface area (Å²) in [5.74, 6) is 0. The molecule has 0 fully saturated rings. The van der Waals surface area contributed by atoms with E-state index >= 15 is 0 Å². The van der Waals surface area contributed by atoms with Gasteiger partial charge in [0.1, 0.15) is 0 Å². The van der Waals surface area contributed by atoms with Crippen molar-refractivity contribution in [1.82, 2.24) is 4.90 Å². The van der Waals surface area contributed by atoms with E-state index in [0.29, 0.717) is 5.56 Å². The van der Waals surface area contributed by atoms with Crippen molar-refractivity contribution >= 4 is 11.8 Å². The fraction of sp³-hybridized carbons (Fsp3) is 0.333. The Morgan fingerprint density at radius 2 is 2.12 bits per heavy atom. The lowest BCUT2D eigenvalue weighted by molar-refractivity contribution is -0.385. The van der Waals surface area contributed by atoms with Crippen LogP contribution in [-0.4, -0.2) is 23.9 Å². The van der Waals surface area contributed by atoms with Gasteiger partial charge in [-0.25, -0.2) is 0 Å². The Labute approximate surface area is 95.3 Å². The second kappa shape index (κ2) is 5.30. The van der Waals surface area contributed by atoms with Gasteiger partial charge in [-0.15, -0.1) is 0 Å². The molecular weight excluding hydrogens is 204 g/mol. The monoisotopic (exact) mass is 220 g/mol. The van der Waals surface area contributed by atoms with Gasteiger partial charge in [0.15, 0.2) is 0 Å². The Balaban J connectivity index is 3.25. The zero-order valence-electron chi connectivity index (χ0n) is 9.80. The first-order valence-electron chi connectivity index (χ1n) is 5.17. The third-order valence-corrected chi connectivity index (χ3v) is 2.29. The van der Waals surface area contributed by atoms with Gasteiger partial charge < -0.3 is 4.90 Å². The number of hydrogen-bond donors (Lipinski definition) is 0. The van der Waals surface area contributed by atoms with Crippen LogP contribution in [0, 0.1) is 10.1 Å². The summed E-state index contributed by atoms with van der Waals surface area (Å²) in [6.45, 7) is 1.99. The Morgan fingerprint density at radius 3 is 2.62 bits per heavy atom. The number of nitrogens with zero attached hydrogens (tertiary/aromatic N) is 2. The molecule has 0 radical (unpaired) electrons. The van der Waals surface area contributed by atoms with E-state index in [1.165, 1.54) is 6.07 Å². The van der Waals surface area contributed by atoms with Crippen molar-refractivity contribution < 1.29 is 4.92 Å². The third kappa shape index (κ3) is 2.82. The van der Waals surface area contributed by atoms with Gasteiger partial charge in [-0.05, 0) is 24.3 Å². The second-order valence-corrected chi connectivity index (χ2v) is 3.74. The predicted molar refractivity (Wildman–Crippen MR) is 65.2 cm³/mol. The van der Waals surface area contributed by atoms with Crippen molar-refractivity contribution in [2.75, 3.05) is 14.1 Å². The molecule has 86 valence electrons. The molecule has 1 aromatic rings. The lowest BCUT2D eigenvalue weighted by Crippen LogP contribution is -2.01. The maximum atomic E-state index is 10.9. The second-order valence-electron chi connectivity index (χ2n) is 3.74. The van der Waals surface area contributed by atoms with E-state index in [1.54, 1.807) is 12.1 Å². The van der Waals surface area contributed by atoms with Crippen LogP contribution >= 0.6 is 0 Å². The SMILES string of the molecule is CCc1cccc([N+](=O)[O-])c1C=CN(C)C. The molecule has 0 unspecified atom stereocenters. The van der Waals surface area contributed by atoms with Gasteiger partial charge in [0, 0.05) is 20.2 Å². The summed E-state index contributed by atoms with van der Waals surface area (Å²) in [6.07, 6.45) is 4.40. The minimum absolute atomic E-state index is 0.164. The van der Waals surface area contributed by atoms with Gasteiger partial charge in [0.25, 0.3) is 5.69 Å². The maximum Gasteiger partial charge on any atom is 0.276 e. The summed E-state index contributed by atoms with van der Waals surface area (Å²) in [5.41, 5.74) is 1.86. The van der Waals surface area contributed by atoms with E-state index in [2.05, 4.69) is 0 Å². The summed E-state index contributed by atoms with van der Waals surface area (Å²) in [4.78, 5) is 12.4. The molecule has 0 N–H and O–H groups in total. The Hall–Kier alpha value is -1.84. The molecule has 0 atom stereocenters. The van der Waals surface area contributed by atoms with Crippen molar-refractivity contribution in [2.24, 2.45) is 0 Å². The van der Waals surface area contributed by atoms with Crippen LogP contribution in [0.1, 0.15) is 18.1 Å². The summed E-state index contributed by atoms with van der Waals surface area (Å²) >= 11 is 0. The van der Waals surface area contributed by atoms with Crippen molar-refractivity contribution in [3.63, 3.8) is 0 Å². The summed E-state index contributed by atoms with van der Waals surface area (Å²) < 4.78 is 0. The first-order valence-corrected chi connectivity index (χ1v) is 5.17. The predicted octanol–water partition coefficient (Wildman–Crippen LogP) is 2.69. The Kier molecular flexibility index (Phi) is 4.05. The average Bonchev–Trinajstić information content (AvgIpc) is 2.25. The molecule has 0 aliphatic rings. The fourth-order valence-corrected chi connectivity index (χ4v) is 1.48. The largest absolute Gasteiger partial charge is 0.383 e. The zero-order chi connectivity index (χ0) is 12.1. The first kappa shape index (κ1) is 12.2. The minimum atomic E-state index is -0.339. The highest BCUT2D eigenvalue weighted by atomic mass is 16.6. The average molecular weight is 220 g/mol. The molecule has 0 spiro atoms. The molecule has 0 heterocycles. The molecule has 0 amide bonds. The van der Waals surface area contributed by atoms with E-state index in [1.807, 2.05) is 38.2 Å². The number of nitro groups is 1. The van der Waals surface area contributed by atoms with Gasteiger partial charge in [0.2, 0.25) is 0 Å². The normalized spacial score (nSPS) is 10.7. The highest BCUT2D eigenvalue weighted by Gasteiger charge is 2.13. The standard InChI is InChI=1S/C12H16N2O2/c1-4-10-6-5-7-12(14(15)16)11(10)8-9-13(2)3/h5-9H,4H2,1-3H3. The molecular formula is C12H16N2O2.